The maximum absolute atomic E-state index is 5.00. The van der Waals surface area contributed by atoms with Crippen molar-refractivity contribution in [3.05, 3.63) is 23.9 Å². The fraction of sp³-hybridized carbons (Fsp3) is 0.643. The fourth-order valence-corrected chi connectivity index (χ4v) is 3.16. The summed E-state index contributed by atoms with van der Waals surface area (Å²) in [6.07, 6.45) is 1.97. The van der Waals surface area contributed by atoms with Crippen molar-refractivity contribution in [3.8, 4) is 0 Å². The predicted molar refractivity (Wildman–Crippen MR) is 82.0 cm³/mol. The van der Waals surface area contributed by atoms with Crippen molar-refractivity contribution in [1.82, 2.24) is 10.3 Å². The Kier molecular flexibility index (Phi) is 5.94. The van der Waals surface area contributed by atoms with Crippen LogP contribution in [-0.4, -0.2) is 49.3 Å². The van der Waals surface area contributed by atoms with E-state index in [1.165, 1.54) is 11.3 Å². The summed E-state index contributed by atoms with van der Waals surface area (Å²) in [6, 6.07) is 4.30. The SMILES string of the molecule is COCCNCc1ccc(N2CCSC(C)C2)nc1. The van der Waals surface area contributed by atoms with E-state index >= 15 is 0 Å². The van der Waals surface area contributed by atoms with Crippen LogP contribution < -0.4 is 10.2 Å². The quantitative estimate of drug-likeness (QED) is 0.804. The van der Waals surface area contributed by atoms with E-state index in [2.05, 4.69) is 34.3 Å². The Labute approximate surface area is 119 Å². The van der Waals surface area contributed by atoms with Crippen molar-refractivity contribution in [2.75, 3.05) is 44.0 Å². The third-order valence-corrected chi connectivity index (χ3v) is 4.32. The Bertz CT molecular complexity index is 371. The largest absolute Gasteiger partial charge is 0.383 e. The number of hydrogen-bond acceptors (Lipinski definition) is 5. The molecule has 0 radical (unpaired) electrons. The van der Waals surface area contributed by atoms with Crippen LogP contribution in [0.25, 0.3) is 0 Å². The third-order valence-electron chi connectivity index (χ3n) is 3.19. The molecule has 2 rings (SSSR count). The molecule has 0 saturated carbocycles. The van der Waals surface area contributed by atoms with Crippen molar-refractivity contribution in [1.29, 1.82) is 0 Å². The van der Waals surface area contributed by atoms with Crippen molar-refractivity contribution >= 4 is 17.6 Å². The van der Waals surface area contributed by atoms with E-state index in [4.69, 9.17) is 4.74 Å². The summed E-state index contributed by atoms with van der Waals surface area (Å²) in [5.41, 5.74) is 1.22. The van der Waals surface area contributed by atoms with Gasteiger partial charge in [-0.3, -0.25) is 0 Å². The number of nitrogens with one attached hydrogen (secondary N) is 1. The van der Waals surface area contributed by atoms with Crippen LogP contribution in [0.2, 0.25) is 0 Å². The second kappa shape index (κ2) is 7.72. The van der Waals surface area contributed by atoms with Crippen LogP contribution in [0, 0.1) is 0 Å². The van der Waals surface area contributed by atoms with Gasteiger partial charge >= 0.3 is 0 Å². The Balaban J connectivity index is 1.83. The summed E-state index contributed by atoms with van der Waals surface area (Å²) in [4.78, 5) is 6.96. The average Bonchev–Trinajstić information content (AvgIpc) is 2.44. The average molecular weight is 281 g/mol. The second-order valence-electron chi connectivity index (χ2n) is 4.82. The topological polar surface area (TPSA) is 37.4 Å². The standard InChI is InChI=1S/C14H23N3OS/c1-12-11-17(6-8-19-12)14-4-3-13(10-16-14)9-15-5-7-18-2/h3-4,10,12,15H,5-9,11H2,1-2H3. The number of anilines is 1. The molecule has 1 aliphatic heterocycles. The lowest BCUT2D eigenvalue weighted by Gasteiger charge is -2.31. The molecule has 106 valence electrons. The molecule has 1 aromatic rings. The number of pyridine rings is 1. The summed E-state index contributed by atoms with van der Waals surface area (Å²) in [6.45, 7) is 6.96. The van der Waals surface area contributed by atoms with Crippen LogP contribution in [-0.2, 0) is 11.3 Å². The molecule has 1 atom stereocenters. The lowest BCUT2D eigenvalue weighted by Crippen LogP contribution is -2.37. The highest BCUT2D eigenvalue weighted by molar-refractivity contribution is 8.00. The maximum atomic E-state index is 5.00. The molecule has 0 amide bonds. The number of methoxy groups -OCH3 is 1. The number of ether oxygens (including phenoxy) is 1. The Hall–Kier alpha value is -0.780. The van der Waals surface area contributed by atoms with Gasteiger partial charge in [-0.2, -0.15) is 11.8 Å². The lowest BCUT2D eigenvalue weighted by atomic mass is 10.2. The summed E-state index contributed by atoms with van der Waals surface area (Å²) in [7, 11) is 1.72. The Morgan fingerprint density at radius 3 is 3.11 bits per heavy atom. The Morgan fingerprint density at radius 2 is 2.42 bits per heavy atom. The number of rotatable bonds is 6. The summed E-state index contributed by atoms with van der Waals surface area (Å²) in [5, 5.41) is 4.03. The molecule has 0 bridgehead atoms. The van der Waals surface area contributed by atoms with Gasteiger partial charge in [0.15, 0.2) is 0 Å². The third kappa shape index (κ3) is 4.67. The number of nitrogens with zero attached hydrogens (tertiary/aromatic N) is 2. The molecule has 4 nitrogen and oxygen atoms in total. The monoisotopic (exact) mass is 281 g/mol. The first-order chi connectivity index (χ1) is 9.29. The fourth-order valence-electron chi connectivity index (χ4n) is 2.14. The zero-order chi connectivity index (χ0) is 13.5. The van der Waals surface area contributed by atoms with E-state index in [0.29, 0.717) is 5.25 Å². The van der Waals surface area contributed by atoms with Gasteiger partial charge in [-0.15, -0.1) is 0 Å². The molecule has 0 aliphatic carbocycles. The molecular formula is C14H23N3OS. The van der Waals surface area contributed by atoms with Crippen LogP contribution in [0.5, 0.6) is 0 Å². The molecular weight excluding hydrogens is 258 g/mol. The van der Waals surface area contributed by atoms with Crippen molar-refractivity contribution in [3.63, 3.8) is 0 Å². The molecule has 2 heterocycles. The van der Waals surface area contributed by atoms with Crippen molar-refractivity contribution in [2.24, 2.45) is 0 Å². The van der Waals surface area contributed by atoms with Crippen molar-refractivity contribution in [2.45, 2.75) is 18.7 Å². The number of aromatic nitrogens is 1. The molecule has 1 N–H and O–H groups in total. The van der Waals surface area contributed by atoms with Gasteiger partial charge in [-0.05, 0) is 11.6 Å². The lowest BCUT2D eigenvalue weighted by molar-refractivity contribution is 0.199. The zero-order valence-electron chi connectivity index (χ0n) is 11.8. The number of hydrogen-bond donors (Lipinski definition) is 1. The molecule has 1 unspecified atom stereocenters. The van der Waals surface area contributed by atoms with E-state index in [0.717, 1.165) is 38.6 Å². The molecule has 1 aromatic heterocycles. The van der Waals surface area contributed by atoms with Crippen molar-refractivity contribution < 1.29 is 4.74 Å². The first-order valence-electron chi connectivity index (χ1n) is 6.80. The first-order valence-corrected chi connectivity index (χ1v) is 7.85. The van der Waals surface area contributed by atoms with E-state index in [1.54, 1.807) is 7.11 Å². The van der Waals surface area contributed by atoms with Gasteiger partial charge < -0.3 is 15.0 Å². The van der Waals surface area contributed by atoms with Crippen LogP contribution in [0.1, 0.15) is 12.5 Å². The number of thioether (sulfide) groups is 1. The van der Waals surface area contributed by atoms with Crippen LogP contribution in [0.15, 0.2) is 18.3 Å². The second-order valence-corrected chi connectivity index (χ2v) is 6.37. The molecule has 1 aliphatic rings. The normalized spacial score (nSPS) is 19.7. The van der Waals surface area contributed by atoms with Crippen LogP contribution in [0.3, 0.4) is 0 Å². The first kappa shape index (κ1) is 14.6. The summed E-state index contributed by atoms with van der Waals surface area (Å²) < 4.78 is 5.00. The summed E-state index contributed by atoms with van der Waals surface area (Å²) in [5.74, 6) is 2.30. The minimum atomic E-state index is 0.700. The smallest absolute Gasteiger partial charge is 0.128 e. The maximum Gasteiger partial charge on any atom is 0.128 e. The van der Waals surface area contributed by atoms with E-state index in [-0.39, 0.29) is 0 Å². The highest BCUT2D eigenvalue weighted by Crippen LogP contribution is 2.22. The van der Waals surface area contributed by atoms with Gasteiger partial charge in [0.05, 0.1) is 6.61 Å². The molecule has 1 saturated heterocycles. The minimum absolute atomic E-state index is 0.700. The molecule has 0 aromatic carbocycles. The van der Waals surface area contributed by atoms with Gasteiger partial charge in [0.1, 0.15) is 5.82 Å². The van der Waals surface area contributed by atoms with Crippen LogP contribution in [0.4, 0.5) is 5.82 Å². The van der Waals surface area contributed by atoms with Gasteiger partial charge in [0, 0.05) is 50.5 Å². The van der Waals surface area contributed by atoms with Gasteiger partial charge in [-0.25, -0.2) is 4.98 Å². The Morgan fingerprint density at radius 1 is 1.53 bits per heavy atom. The minimum Gasteiger partial charge on any atom is -0.383 e. The zero-order valence-corrected chi connectivity index (χ0v) is 12.6. The molecule has 5 heteroatoms. The van der Waals surface area contributed by atoms with E-state index in [9.17, 15) is 0 Å². The predicted octanol–water partition coefficient (Wildman–Crippen LogP) is 1.76. The highest BCUT2D eigenvalue weighted by atomic mass is 32.2. The summed E-state index contributed by atoms with van der Waals surface area (Å²) >= 11 is 2.04. The van der Waals surface area contributed by atoms with Gasteiger partial charge in [-0.1, -0.05) is 13.0 Å². The van der Waals surface area contributed by atoms with Gasteiger partial charge in [0.25, 0.3) is 0 Å². The molecule has 1 fully saturated rings. The van der Waals surface area contributed by atoms with E-state index in [1.807, 2.05) is 18.0 Å². The highest BCUT2D eigenvalue weighted by Gasteiger charge is 2.17. The molecule has 19 heavy (non-hydrogen) atoms. The van der Waals surface area contributed by atoms with E-state index < -0.39 is 0 Å². The van der Waals surface area contributed by atoms with Gasteiger partial charge in [0.2, 0.25) is 0 Å². The van der Waals surface area contributed by atoms with Crippen LogP contribution >= 0.6 is 11.8 Å². The molecule has 0 spiro atoms.